The first-order chi connectivity index (χ1) is 14.4. The van der Waals surface area contributed by atoms with Crippen molar-refractivity contribution in [2.45, 2.75) is 54.9 Å². The van der Waals surface area contributed by atoms with Crippen LogP contribution in [0.3, 0.4) is 0 Å². The Morgan fingerprint density at radius 2 is 1.87 bits per heavy atom. The van der Waals surface area contributed by atoms with E-state index in [1.807, 2.05) is 30.5 Å². The molecule has 0 aromatic heterocycles. The summed E-state index contributed by atoms with van der Waals surface area (Å²) in [4.78, 5) is 13.5. The highest BCUT2D eigenvalue weighted by Crippen LogP contribution is 2.26. The third-order valence-corrected chi connectivity index (χ3v) is 7.44. The van der Waals surface area contributed by atoms with Gasteiger partial charge in [0.05, 0.1) is 10.6 Å². The Labute approximate surface area is 182 Å². The maximum atomic E-state index is 12.7. The summed E-state index contributed by atoms with van der Waals surface area (Å²) >= 11 is 1.55. The van der Waals surface area contributed by atoms with Crippen LogP contribution in [0.25, 0.3) is 0 Å². The number of carbonyl (C=O) groups is 1. The fraction of sp³-hybridized carbons (Fsp3) is 0.409. The van der Waals surface area contributed by atoms with Crippen LogP contribution in [-0.4, -0.2) is 33.2 Å². The summed E-state index contributed by atoms with van der Waals surface area (Å²) in [5.74, 6) is 0.214. The molecule has 1 aliphatic carbocycles. The molecule has 0 radical (unpaired) electrons. The van der Waals surface area contributed by atoms with Crippen LogP contribution in [-0.2, 0) is 14.8 Å². The standard InChI is InChI=1S/C22H28N2O4S2/c1-16-14-18(30(26,27)24-17-8-4-3-5-9-17)12-13-20(16)28-15-22(25)23-19-10-6-7-11-21(19)29-2/h6-7,10-14,17,24H,3-5,8-9,15H2,1-2H3,(H,23,25). The normalized spacial score (nSPS) is 15.0. The topological polar surface area (TPSA) is 84.5 Å². The molecule has 0 atom stereocenters. The number of amides is 1. The Balaban J connectivity index is 1.60. The van der Waals surface area contributed by atoms with Crippen LogP contribution >= 0.6 is 11.8 Å². The van der Waals surface area contributed by atoms with Gasteiger partial charge in [0.25, 0.3) is 5.91 Å². The zero-order chi connectivity index (χ0) is 21.6. The minimum Gasteiger partial charge on any atom is -0.483 e. The van der Waals surface area contributed by atoms with Gasteiger partial charge < -0.3 is 10.1 Å². The predicted octanol–water partition coefficient (Wildman–Crippen LogP) is 4.35. The zero-order valence-electron chi connectivity index (χ0n) is 17.3. The van der Waals surface area contributed by atoms with Crippen LogP contribution in [0.4, 0.5) is 5.69 Å². The lowest BCUT2D eigenvalue weighted by molar-refractivity contribution is -0.118. The summed E-state index contributed by atoms with van der Waals surface area (Å²) in [6.07, 6.45) is 7.00. The maximum Gasteiger partial charge on any atom is 0.262 e. The van der Waals surface area contributed by atoms with Crippen molar-refractivity contribution in [2.24, 2.45) is 0 Å². The van der Waals surface area contributed by atoms with Crippen molar-refractivity contribution in [3.05, 3.63) is 48.0 Å². The van der Waals surface area contributed by atoms with Gasteiger partial charge >= 0.3 is 0 Å². The highest BCUT2D eigenvalue weighted by molar-refractivity contribution is 7.98. The van der Waals surface area contributed by atoms with Gasteiger partial charge in [-0.3, -0.25) is 4.79 Å². The molecule has 6 nitrogen and oxygen atoms in total. The first kappa shape index (κ1) is 22.7. The van der Waals surface area contributed by atoms with Crippen molar-refractivity contribution in [2.75, 3.05) is 18.2 Å². The van der Waals surface area contributed by atoms with E-state index in [-0.39, 0.29) is 23.5 Å². The van der Waals surface area contributed by atoms with Gasteiger partial charge in [-0.15, -0.1) is 11.8 Å². The Bertz CT molecular complexity index is 986. The number of carbonyl (C=O) groups excluding carboxylic acids is 1. The monoisotopic (exact) mass is 448 g/mol. The molecule has 3 rings (SSSR count). The third-order valence-electron chi connectivity index (χ3n) is 5.12. The van der Waals surface area contributed by atoms with E-state index in [1.165, 1.54) is 12.5 Å². The molecular weight excluding hydrogens is 420 g/mol. The second kappa shape index (κ2) is 10.3. The molecule has 0 bridgehead atoms. The number of anilines is 1. The van der Waals surface area contributed by atoms with E-state index >= 15 is 0 Å². The number of thioether (sulfide) groups is 1. The van der Waals surface area contributed by atoms with Crippen LogP contribution in [0.1, 0.15) is 37.7 Å². The van der Waals surface area contributed by atoms with Crippen molar-refractivity contribution in [3.8, 4) is 5.75 Å². The van der Waals surface area contributed by atoms with Gasteiger partial charge in [0.1, 0.15) is 5.75 Å². The summed E-state index contributed by atoms with van der Waals surface area (Å²) in [7, 11) is -3.57. The summed E-state index contributed by atoms with van der Waals surface area (Å²) in [6.45, 7) is 1.62. The molecule has 2 aromatic carbocycles. The fourth-order valence-electron chi connectivity index (χ4n) is 3.54. The molecule has 30 heavy (non-hydrogen) atoms. The van der Waals surface area contributed by atoms with Crippen molar-refractivity contribution < 1.29 is 17.9 Å². The number of nitrogens with one attached hydrogen (secondary N) is 2. The molecule has 2 aromatic rings. The predicted molar refractivity (Wildman–Crippen MR) is 121 cm³/mol. The quantitative estimate of drug-likeness (QED) is 0.587. The summed E-state index contributed by atoms with van der Waals surface area (Å²) in [6, 6.07) is 12.3. The molecular formula is C22H28N2O4S2. The van der Waals surface area contributed by atoms with Crippen LogP contribution in [0.2, 0.25) is 0 Å². The van der Waals surface area contributed by atoms with E-state index in [0.29, 0.717) is 11.3 Å². The first-order valence-electron chi connectivity index (χ1n) is 10.1. The molecule has 162 valence electrons. The number of benzene rings is 2. The smallest absolute Gasteiger partial charge is 0.262 e. The highest BCUT2D eigenvalue weighted by Gasteiger charge is 2.22. The molecule has 1 amide bonds. The Hall–Kier alpha value is -2.03. The number of hydrogen-bond donors (Lipinski definition) is 2. The van der Waals surface area contributed by atoms with Gasteiger partial charge in [-0.25, -0.2) is 13.1 Å². The number of aryl methyl sites for hydroxylation is 1. The molecule has 0 heterocycles. The molecule has 0 unspecified atom stereocenters. The molecule has 1 saturated carbocycles. The third kappa shape index (κ3) is 6.00. The molecule has 2 N–H and O–H groups in total. The molecule has 0 saturated heterocycles. The van der Waals surface area contributed by atoms with Gasteiger partial charge in [0, 0.05) is 10.9 Å². The van der Waals surface area contributed by atoms with Crippen molar-refractivity contribution in [1.82, 2.24) is 4.72 Å². The van der Waals surface area contributed by atoms with E-state index in [9.17, 15) is 13.2 Å². The highest BCUT2D eigenvalue weighted by atomic mass is 32.2. The number of rotatable bonds is 8. The lowest BCUT2D eigenvalue weighted by Crippen LogP contribution is -2.36. The maximum absolute atomic E-state index is 12.7. The fourth-order valence-corrected chi connectivity index (χ4v) is 5.48. The van der Waals surface area contributed by atoms with Crippen LogP contribution in [0.5, 0.6) is 5.75 Å². The van der Waals surface area contributed by atoms with Crippen molar-refractivity contribution in [3.63, 3.8) is 0 Å². The second-order valence-electron chi connectivity index (χ2n) is 7.42. The second-order valence-corrected chi connectivity index (χ2v) is 9.98. The minimum absolute atomic E-state index is 0.00726. The zero-order valence-corrected chi connectivity index (χ0v) is 18.9. The largest absolute Gasteiger partial charge is 0.483 e. The lowest BCUT2D eigenvalue weighted by Gasteiger charge is -2.22. The molecule has 8 heteroatoms. The Morgan fingerprint density at radius 3 is 2.57 bits per heavy atom. The molecule has 1 fully saturated rings. The summed E-state index contributed by atoms with van der Waals surface area (Å²) < 4.78 is 33.8. The van der Waals surface area contributed by atoms with E-state index in [2.05, 4.69) is 10.0 Å². The van der Waals surface area contributed by atoms with Gasteiger partial charge in [-0.05, 0) is 61.9 Å². The molecule has 1 aliphatic rings. The lowest BCUT2D eigenvalue weighted by atomic mass is 9.96. The number of para-hydroxylation sites is 1. The average molecular weight is 449 g/mol. The Morgan fingerprint density at radius 1 is 1.13 bits per heavy atom. The summed E-state index contributed by atoms with van der Waals surface area (Å²) in [5, 5.41) is 2.84. The van der Waals surface area contributed by atoms with E-state index < -0.39 is 10.0 Å². The number of sulfonamides is 1. The van der Waals surface area contributed by atoms with Crippen LogP contribution in [0.15, 0.2) is 52.3 Å². The van der Waals surface area contributed by atoms with Crippen LogP contribution in [0, 0.1) is 6.92 Å². The molecule has 0 spiro atoms. The van der Waals surface area contributed by atoms with Gasteiger partial charge in [0.15, 0.2) is 6.61 Å². The molecule has 0 aliphatic heterocycles. The first-order valence-corrected chi connectivity index (χ1v) is 12.8. The van der Waals surface area contributed by atoms with Crippen LogP contribution < -0.4 is 14.8 Å². The minimum atomic E-state index is -3.57. The van der Waals surface area contributed by atoms with E-state index in [4.69, 9.17) is 4.74 Å². The number of ether oxygens (including phenoxy) is 1. The van der Waals surface area contributed by atoms with Gasteiger partial charge in [-0.1, -0.05) is 31.4 Å². The van der Waals surface area contributed by atoms with Gasteiger partial charge in [-0.2, -0.15) is 0 Å². The van der Waals surface area contributed by atoms with Crippen molar-refractivity contribution >= 4 is 33.4 Å². The SMILES string of the molecule is CSc1ccccc1NC(=O)COc1ccc(S(=O)(=O)NC2CCCCC2)cc1C. The van der Waals surface area contributed by atoms with E-state index in [0.717, 1.165) is 36.3 Å². The summed E-state index contributed by atoms with van der Waals surface area (Å²) in [5.41, 5.74) is 1.41. The van der Waals surface area contributed by atoms with Crippen molar-refractivity contribution in [1.29, 1.82) is 0 Å². The number of hydrogen-bond acceptors (Lipinski definition) is 5. The van der Waals surface area contributed by atoms with Gasteiger partial charge in [0.2, 0.25) is 10.0 Å². The Kier molecular flexibility index (Phi) is 7.80. The average Bonchev–Trinajstić information content (AvgIpc) is 2.73. The van der Waals surface area contributed by atoms with E-state index in [1.54, 1.807) is 30.8 Å².